The monoisotopic (exact) mass is 267 g/mol. The van der Waals surface area contributed by atoms with Crippen LogP contribution in [0.5, 0.6) is 5.75 Å². The molecule has 20 heavy (non-hydrogen) atoms. The lowest BCUT2D eigenvalue weighted by Gasteiger charge is -2.16. The Morgan fingerprint density at radius 3 is 2.70 bits per heavy atom. The summed E-state index contributed by atoms with van der Waals surface area (Å²) in [6.07, 6.45) is 1.00. The molecule has 1 aliphatic heterocycles. The Morgan fingerprint density at radius 1 is 1.15 bits per heavy atom. The van der Waals surface area contributed by atoms with Gasteiger partial charge >= 0.3 is 0 Å². The van der Waals surface area contributed by atoms with Crippen LogP contribution in [0.25, 0.3) is 11.1 Å². The van der Waals surface area contributed by atoms with Crippen LogP contribution in [-0.4, -0.2) is 12.1 Å². The highest BCUT2D eigenvalue weighted by Crippen LogP contribution is 2.40. The average molecular weight is 267 g/mol. The molecule has 2 aromatic carbocycles. The summed E-state index contributed by atoms with van der Waals surface area (Å²) in [4.78, 5) is 0. The van der Waals surface area contributed by atoms with Crippen molar-refractivity contribution in [3.05, 3.63) is 53.1 Å². The van der Waals surface area contributed by atoms with Gasteiger partial charge in [-0.2, -0.15) is 0 Å². The Hall–Kier alpha value is -1.80. The lowest BCUT2D eigenvalue weighted by atomic mass is 9.95. The number of rotatable bonds is 2. The molecule has 0 aliphatic carbocycles. The van der Waals surface area contributed by atoms with Gasteiger partial charge in [-0.05, 0) is 37.5 Å². The van der Waals surface area contributed by atoms with Gasteiger partial charge in [0.25, 0.3) is 0 Å². The molecule has 0 aromatic heterocycles. The van der Waals surface area contributed by atoms with Crippen molar-refractivity contribution in [3.63, 3.8) is 0 Å². The molecule has 0 amide bonds. The number of aryl methyl sites for hydroxylation is 2. The summed E-state index contributed by atoms with van der Waals surface area (Å²) in [6.45, 7) is 6.28. The number of ether oxygens (including phenoxy) is 1. The lowest BCUT2D eigenvalue weighted by Crippen LogP contribution is -2.34. The molecule has 1 heterocycles. The van der Waals surface area contributed by atoms with Crippen LogP contribution in [0.4, 0.5) is 0 Å². The second kappa shape index (κ2) is 4.95. The van der Waals surface area contributed by atoms with Gasteiger partial charge in [0.15, 0.2) is 0 Å². The van der Waals surface area contributed by atoms with Crippen molar-refractivity contribution in [3.8, 4) is 16.9 Å². The van der Waals surface area contributed by atoms with E-state index < -0.39 is 0 Å². The summed E-state index contributed by atoms with van der Waals surface area (Å²) in [5.74, 6) is 1.02. The quantitative estimate of drug-likeness (QED) is 0.902. The van der Waals surface area contributed by atoms with E-state index in [0.29, 0.717) is 0 Å². The minimum atomic E-state index is 0.0499. The van der Waals surface area contributed by atoms with Gasteiger partial charge in [0.05, 0.1) is 0 Å². The van der Waals surface area contributed by atoms with Crippen LogP contribution in [0.15, 0.2) is 36.4 Å². The number of para-hydroxylation sites is 1. The van der Waals surface area contributed by atoms with Crippen LogP contribution in [0, 0.1) is 13.8 Å². The molecule has 0 spiro atoms. The highest BCUT2D eigenvalue weighted by molar-refractivity contribution is 5.76. The predicted octanol–water partition coefficient (Wildman–Crippen LogP) is 3.62. The Kier molecular flexibility index (Phi) is 3.27. The largest absolute Gasteiger partial charge is 0.488 e. The van der Waals surface area contributed by atoms with E-state index >= 15 is 0 Å². The van der Waals surface area contributed by atoms with E-state index in [1.807, 2.05) is 6.92 Å². The van der Waals surface area contributed by atoms with Crippen LogP contribution < -0.4 is 10.5 Å². The van der Waals surface area contributed by atoms with Crippen molar-refractivity contribution in [2.24, 2.45) is 5.73 Å². The maximum Gasteiger partial charge on any atom is 0.130 e. The molecular formula is C18H21NO. The number of hydrogen-bond donors (Lipinski definition) is 1. The number of nitrogens with two attached hydrogens (primary N) is 1. The predicted molar refractivity (Wildman–Crippen MR) is 83.1 cm³/mol. The second-order valence-corrected chi connectivity index (χ2v) is 5.83. The first-order valence-corrected chi connectivity index (χ1v) is 7.18. The third kappa shape index (κ3) is 2.20. The SMILES string of the molecule is Cc1ccc(C)c(-c2cccc3c2OC(C(C)N)C3)c1. The van der Waals surface area contributed by atoms with E-state index in [4.69, 9.17) is 10.5 Å². The van der Waals surface area contributed by atoms with Crippen LogP contribution >= 0.6 is 0 Å². The molecule has 2 nitrogen and oxygen atoms in total. The first kappa shape index (κ1) is 13.2. The summed E-state index contributed by atoms with van der Waals surface area (Å²) < 4.78 is 6.12. The van der Waals surface area contributed by atoms with Gasteiger partial charge in [-0.3, -0.25) is 0 Å². The smallest absolute Gasteiger partial charge is 0.130 e. The van der Waals surface area contributed by atoms with E-state index in [9.17, 15) is 0 Å². The fourth-order valence-electron chi connectivity index (χ4n) is 2.83. The zero-order valence-electron chi connectivity index (χ0n) is 12.3. The van der Waals surface area contributed by atoms with Gasteiger partial charge in [0.1, 0.15) is 11.9 Å². The van der Waals surface area contributed by atoms with E-state index in [2.05, 4.69) is 50.2 Å². The third-order valence-electron chi connectivity index (χ3n) is 4.06. The zero-order chi connectivity index (χ0) is 14.3. The van der Waals surface area contributed by atoms with Crippen molar-refractivity contribution in [1.82, 2.24) is 0 Å². The highest BCUT2D eigenvalue weighted by Gasteiger charge is 2.28. The summed E-state index contributed by atoms with van der Waals surface area (Å²) in [7, 11) is 0. The second-order valence-electron chi connectivity index (χ2n) is 5.83. The number of benzene rings is 2. The standard InChI is InChI=1S/C18H21NO/c1-11-7-8-12(2)16(9-11)15-6-4-5-14-10-17(13(3)19)20-18(14)15/h4-9,13,17H,10,19H2,1-3H3. The van der Waals surface area contributed by atoms with Gasteiger partial charge in [-0.25, -0.2) is 0 Å². The van der Waals surface area contributed by atoms with Crippen molar-refractivity contribution in [1.29, 1.82) is 0 Å². The molecule has 0 fully saturated rings. The van der Waals surface area contributed by atoms with Gasteiger partial charge < -0.3 is 10.5 Å². The van der Waals surface area contributed by atoms with Crippen LogP contribution in [0.1, 0.15) is 23.6 Å². The topological polar surface area (TPSA) is 35.2 Å². The molecule has 0 bridgehead atoms. The van der Waals surface area contributed by atoms with Crippen molar-refractivity contribution >= 4 is 0 Å². The average Bonchev–Trinajstić information content (AvgIpc) is 2.85. The Bertz CT molecular complexity index is 646. The van der Waals surface area contributed by atoms with Crippen LogP contribution in [0.3, 0.4) is 0 Å². The van der Waals surface area contributed by atoms with E-state index in [1.54, 1.807) is 0 Å². The fraction of sp³-hybridized carbons (Fsp3) is 0.333. The lowest BCUT2D eigenvalue weighted by molar-refractivity contribution is 0.207. The maximum atomic E-state index is 6.12. The molecule has 104 valence electrons. The van der Waals surface area contributed by atoms with Crippen molar-refractivity contribution < 1.29 is 4.74 Å². The van der Waals surface area contributed by atoms with E-state index in [-0.39, 0.29) is 12.1 Å². The van der Waals surface area contributed by atoms with Crippen LogP contribution in [-0.2, 0) is 6.42 Å². The van der Waals surface area contributed by atoms with Crippen LogP contribution in [0.2, 0.25) is 0 Å². The van der Waals surface area contributed by atoms with Gasteiger partial charge in [0.2, 0.25) is 0 Å². The molecule has 2 N–H and O–H groups in total. The molecule has 0 saturated heterocycles. The Labute approximate surface area is 120 Å². The Morgan fingerprint density at radius 2 is 1.95 bits per heavy atom. The highest BCUT2D eigenvalue weighted by atomic mass is 16.5. The molecule has 2 atom stereocenters. The molecule has 3 rings (SSSR count). The van der Waals surface area contributed by atoms with E-state index in [1.165, 1.54) is 27.8 Å². The number of fused-ring (bicyclic) bond motifs is 1. The minimum absolute atomic E-state index is 0.0499. The van der Waals surface area contributed by atoms with Crippen molar-refractivity contribution in [2.75, 3.05) is 0 Å². The zero-order valence-corrected chi connectivity index (χ0v) is 12.3. The molecule has 0 radical (unpaired) electrons. The summed E-state index contributed by atoms with van der Waals surface area (Å²) in [5, 5.41) is 0. The maximum absolute atomic E-state index is 6.12. The summed E-state index contributed by atoms with van der Waals surface area (Å²) >= 11 is 0. The van der Waals surface area contributed by atoms with E-state index in [0.717, 1.165) is 12.2 Å². The molecule has 2 unspecified atom stereocenters. The number of hydrogen-bond acceptors (Lipinski definition) is 2. The molecule has 1 aliphatic rings. The fourth-order valence-corrected chi connectivity index (χ4v) is 2.83. The molecule has 2 heteroatoms. The summed E-state index contributed by atoms with van der Waals surface area (Å²) in [6, 6.07) is 13.0. The third-order valence-corrected chi connectivity index (χ3v) is 4.06. The minimum Gasteiger partial charge on any atom is -0.488 e. The first-order valence-electron chi connectivity index (χ1n) is 7.18. The van der Waals surface area contributed by atoms with Gasteiger partial charge in [-0.1, -0.05) is 42.0 Å². The van der Waals surface area contributed by atoms with Crippen molar-refractivity contribution in [2.45, 2.75) is 39.3 Å². The first-order chi connectivity index (χ1) is 9.56. The molecule has 0 saturated carbocycles. The summed E-state index contributed by atoms with van der Waals surface area (Å²) in [5.41, 5.74) is 12.3. The molecular weight excluding hydrogens is 246 g/mol. The van der Waals surface area contributed by atoms with Gasteiger partial charge in [0, 0.05) is 18.0 Å². The molecule has 2 aromatic rings. The normalized spacial score (nSPS) is 18.5. The Balaban J connectivity index is 2.10. The van der Waals surface area contributed by atoms with Gasteiger partial charge in [-0.15, -0.1) is 0 Å².